The first-order valence-electron chi connectivity index (χ1n) is 4.45. The monoisotopic (exact) mass is 208 g/mol. The van der Waals surface area contributed by atoms with Gasteiger partial charge in [0.1, 0.15) is 0 Å². The largest absolute Gasteiger partial charge is 0.438 e. The Kier molecular flexibility index (Phi) is 2.39. The maximum absolute atomic E-state index is 5.66. The maximum Gasteiger partial charge on any atom is 0.211 e. The van der Waals surface area contributed by atoms with Gasteiger partial charge < -0.3 is 10.2 Å². The highest BCUT2D eigenvalue weighted by atomic mass is 32.1. The molecule has 74 valence electrons. The van der Waals surface area contributed by atoms with Crippen molar-refractivity contribution in [2.24, 2.45) is 5.73 Å². The Morgan fingerprint density at radius 2 is 2.29 bits per heavy atom. The van der Waals surface area contributed by atoms with Crippen molar-refractivity contribution in [2.45, 2.75) is 19.9 Å². The van der Waals surface area contributed by atoms with Crippen LogP contribution in [0.4, 0.5) is 0 Å². The molecule has 14 heavy (non-hydrogen) atoms. The van der Waals surface area contributed by atoms with E-state index in [-0.39, 0.29) is 6.04 Å². The fourth-order valence-corrected chi connectivity index (χ4v) is 1.99. The maximum atomic E-state index is 5.66. The van der Waals surface area contributed by atoms with Crippen LogP contribution in [0, 0.1) is 6.92 Å². The topological polar surface area (TPSA) is 52.0 Å². The third kappa shape index (κ3) is 1.71. The van der Waals surface area contributed by atoms with Crippen LogP contribution in [-0.2, 0) is 0 Å². The first kappa shape index (κ1) is 9.43. The highest BCUT2D eigenvalue weighted by molar-refractivity contribution is 7.15. The summed E-state index contributed by atoms with van der Waals surface area (Å²) in [6.45, 7) is 3.92. The summed E-state index contributed by atoms with van der Waals surface area (Å²) >= 11 is 1.69. The average molecular weight is 208 g/mol. The molecule has 0 bridgehead atoms. The number of hydrogen-bond donors (Lipinski definition) is 1. The smallest absolute Gasteiger partial charge is 0.211 e. The van der Waals surface area contributed by atoms with E-state index in [9.17, 15) is 0 Å². The minimum Gasteiger partial charge on any atom is -0.438 e. The Morgan fingerprint density at radius 3 is 2.79 bits per heavy atom. The first-order valence-corrected chi connectivity index (χ1v) is 5.26. The van der Waals surface area contributed by atoms with E-state index in [4.69, 9.17) is 10.2 Å². The van der Waals surface area contributed by atoms with Crippen LogP contribution >= 0.6 is 11.3 Å². The van der Waals surface area contributed by atoms with E-state index in [2.05, 4.69) is 18.0 Å². The van der Waals surface area contributed by atoms with Crippen molar-refractivity contribution >= 4 is 11.3 Å². The SMILES string of the molecule is Cc1ccc(-c2cnc(C(C)N)o2)s1. The molecule has 0 radical (unpaired) electrons. The van der Waals surface area contributed by atoms with E-state index in [1.54, 1.807) is 17.5 Å². The van der Waals surface area contributed by atoms with Crippen LogP contribution in [0.3, 0.4) is 0 Å². The fourth-order valence-electron chi connectivity index (χ4n) is 1.18. The molecule has 2 aromatic rings. The third-order valence-corrected chi connectivity index (χ3v) is 2.91. The molecule has 4 heteroatoms. The van der Waals surface area contributed by atoms with Crippen molar-refractivity contribution in [1.29, 1.82) is 0 Å². The van der Waals surface area contributed by atoms with Gasteiger partial charge in [-0.05, 0) is 26.0 Å². The van der Waals surface area contributed by atoms with E-state index in [0.717, 1.165) is 10.6 Å². The lowest BCUT2D eigenvalue weighted by Crippen LogP contribution is -2.04. The second-order valence-electron chi connectivity index (χ2n) is 3.26. The van der Waals surface area contributed by atoms with Gasteiger partial charge in [0.05, 0.1) is 17.1 Å². The number of rotatable bonds is 2. The Balaban J connectivity index is 2.33. The minimum absolute atomic E-state index is 0.148. The summed E-state index contributed by atoms with van der Waals surface area (Å²) in [5.41, 5.74) is 5.66. The summed E-state index contributed by atoms with van der Waals surface area (Å²) in [5, 5.41) is 0. The highest BCUT2D eigenvalue weighted by Crippen LogP contribution is 2.28. The summed E-state index contributed by atoms with van der Waals surface area (Å²) in [6, 6.07) is 3.95. The standard InChI is InChI=1S/C10H12N2OS/c1-6-3-4-9(14-6)8-5-12-10(13-8)7(2)11/h3-5,7H,11H2,1-2H3. The van der Waals surface area contributed by atoms with Gasteiger partial charge in [0.2, 0.25) is 5.89 Å². The van der Waals surface area contributed by atoms with Gasteiger partial charge in [-0.3, -0.25) is 0 Å². The average Bonchev–Trinajstić information content (AvgIpc) is 2.70. The number of nitrogens with two attached hydrogens (primary N) is 1. The van der Waals surface area contributed by atoms with Crippen LogP contribution in [0.15, 0.2) is 22.7 Å². The van der Waals surface area contributed by atoms with Crippen molar-refractivity contribution in [1.82, 2.24) is 4.98 Å². The van der Waals surface area contributed by atoms with E-state index in [1.807, 2.05) is 13.0 Å². The summed E-state index contributed by atoms with van der Waals surface area (Å²) in [7, 11) is 0. The molecular weight excluding hydrogens is 196 g/mol. The van der Waals surface area contributed by atoms with E-state index in [1.165, 1.54) is 4.88 Å². The molecular formula is C10H12N2OS. The molecule has 0 aliphatic carbocycles. The van der Waals surface area contributed by atoms with Gasteiger partial charge >= 0.3 is 0 Å². The molecule has 2 N–H and O–H groups in total. The Morgan fingerprint density at radius 1 is 1.50 bits per heavy atom. The first-order chi connectivity index (χ1) is 6.66. The molecule has 0 aromatic carbocycles. The van der Waals surface area contributed by atoms with Gasteiger partial charge in [-0.15, -0.1) is 11.3 Å². The van der Waals surface area contributed by atoms with E-state index >= 15 is 0 Å². The molecule has 3 nitrogen and oxygen atoms in total. The van der Waals surface area contributed by atoms with Crippen molar-refractivity contribution in [3.05, 3.63) is 29.1 Å². The Labute approximate surface area is 86.6 Å². The molecule has 0 spiro atoms. The number of aryl methyl sites for hydroxylation is 1. The summed E-state index contributed by atoms with van der Waals surface area (Å²) < 4.78 is 5.52. The van der Waals surface area contributed by atoms with E-state index in [0.29, 0.717) is 5.89 Å². The van der Waals surface area contributed by atoms with Gasteiger partial charge in [0.25, 0.3) is 0 Å². The number of oxazole rings is 1. The molecule has 2 aromatic heterocycles. The van der Waals surface area contributed by atoms with Crippen LogP contribution in [0.5, 0.6) is 0 Å². The van der Waals surface area contributed by atoms with Crippen molar-refractivity contribution in [2.75, 3.05) is 0 Å². The lowest BCUT2D eigenvalue weighted by molar-refractivity contribution is 0.474. The highest BCUT2D eigenvalue weighted by Gasteiger charge is 2.10. The van der Waals surface area contributed by atoms with Gasteiger partial charge in [-0.25, -0.2) is 4.98 Å². The predicted octanol–water partition coefficient (Wildman–Crippen LogP) is 2.73. The molecule has 0 aliphatic rings. The van der Waals surface area contributed by atoms with Crippen LogP contribution < -0.4 is 5.73 Å². The van der Waals surface area contributed by atoms with Crippen LogP contribution in [0.25, 0.3) is 10.6 Å². The number of nitrogens with zero attached hydrogens (tertiary/aromatic N) is 1. The molecule has 2 rings (SSSR count). The van der Waals surface area contributed by atoms with Crippen molar-refractivity contribution in [3.63, 3.8) is 0 Å². The van der Waals surface area contributed by atoms with Crippen LogP contribution in [-0.4, -0.2) is 4.98 Å². The van der Waals surface area contributed by atoms with Gasteiger partial charge in [-0.2, -0.15) is 0 Å². The van der Waals surface area contributed by atoms with Gasteiger partial charge in [0, 0.05) is 4.88 Å². The molecule has 1 atom stereocenters. The molecule has 0 fully saturated rings. The zero-order chi connectivity index (χ0) is 10.1. The minimum atomic E-state index is -0.148. The second-order valence-corrected chi connectivity index (χ2v) is 4.55. The normalized spacial score (nSPS) is 13.1. The molecule has 0 saturated heterocycles. The lowest BCUT2D eigenvalue weighted by Gasteiger charge is -1.95. The van der Waals surface area contributed by atoms with E-state index < -0.39 is 0 Å². The number of hydrogen-bond acceptors (Lipinski definition) is 4. The molecule has 1 unspecified atom stereocenters. The van der Waals surface area contributed by atoms with Gasteiger partial charge in [0.15, 0.2) is 5.76 Å². The predicted molar refractivity (Wildman–Crippen MR) is 57.2 cm³/mol. The quantitative estimate of drug-likeness (QED) is 0.825. The Hall–Kier alpha value is -1.13. The number of aromatic nitrogens is 1. The molecule has 0 saturated carbocycles. The fraction of sp³-hybridized carbons (Fsp3) is 0.300. The lowest BCUT2D eigenvalue weighted by atomic mass is 10.4. The van der Waals surface area contributed by atoms with Gasteiger partial charge in [-0.1, -0.05) is 0 Å². The summed E-state index contributed by atoms with van der Waals surface area (Å²) in [5.74, 6) is 1.39. The van der Waals surface area contributed by atoms with Crippen molar-refractivity contribution < 1.29 is 4.42 Å². The van der Waals surface area contributed by atoms with Crippen LogP contribution in [0.1, 0.15) is 23.7 Å². The molecule has 0 amide bonds. The summed E-state index contributed by atoms with van der Waals surface area (Å²) in [6.07, 6.45) is 1.73. The number of thiophene rings is 1. The molecule has 2 heterocycles. The zero-order valence-electron chi connectivity index (χ0n) is 8.15. The Bertz CT molecular complexity index is 431. The van der Waals surface area contributed by atoms with Crippen molar-refractivity contribution in [3.8, 4) is 10.6 Å². The molecule has 0 aliphatic heterocycles. The zero-order valence-corrected chi connectivity index (χ0v) is 8.97. The third-order valence-electron chi connectivity index (χ3n) is 1.90. The second kappa shape index (κ2) is 3.55. The summed E-state index contributed by atoms with van der Waals surface area (Å²) in [4.78, 5) is 6.48. The van der Waals surface area contributed by atoms with Crippen LogP contribution in [0.2, 0.25) is 0 Å².